The number of aryl methyl sites for hydroxylation is 1. The second kappa shape index (κ2) is 15.8. The van der Waals surface area contributed by atoms with Gasteiger partial charge in [0, 0.05) is 18.0 Å². The first-order valence-corrected chi connectivity index (χ1v) is 12.8. The van der Waals surface area contributed by atoms with E-state index in [0.29, 0.717) is 23.9 Å². The quantitative estimate of drug-likeness (QED) is 0.231. The topological polar surface area (TPSA) is 35.0 Å². The van der Waals surface area contributed by atoms with Gasteiger partial charge in [0.1, 0.15) is 18.5 Å². The highest BCUT2D eigenvalue weighted by atomic mass is 19.1. The van der Waals surface area contributed by atoms with Crippen molar-refractivity contribution in [1.29, 1.82) is 0 Å². The van der Waals surface area contributed by atoms with Gasteiger partial charge in [0.15, 0.2) is 5.82 Å². The van der Waals surface area contributed by atoms with Gasteiger partial charge in [-0.05, 0) is 55.0 Å². The summed E-state index contributed by atoms with van der Waals surface area (Å²) in [6.07, 6.45) is 16.8. The molecule has 0 aliphatic rings. The number of rotatable bonds is 17. The zero-order chi connectivity index (χ0) is 23.0. The minimum absolute atomic E-state index is 0.116. The van der Waals surface area contributed by atoms with E-state index in [1.165, 1.54) is 56.9 Å². The average Bonchev–Trinajstić information content (AvgIpc) is 2.81. The lowest BCUT2D eigenvalue weighted by atomic mass is 9.98. The third-order valence-electron chi connectivity index (χ3n) is 6.06. The molecule has 0 radical (unpaired) electrons. The maximum absolute atomic E-state index is 14.1. The third kappa shape index (κ3) is 10.6. The van der Waals surface area contributed by atoms with Crippen LogP contribution in [0.2, 0.25) is 0 Å². The second-order valence-electron chi connectivity index (χ2n) is 9.19. The van der Waals surface area contributed by atoms with E-state index >= 15 is 0 Å². The molecule has 0 aliphatic carbocycles. The SMILES string of the molecule is CCCCCCCCc1cnc(-c2ccc(OCC(F)CCCC(C)CCC)cc2)nc1. The highest BCUT2D eigenvalue weighted by Crippen LogP contribution is 2.21. The van der Waals surface area contributed by atoms with E-state index in [2.05, 4.69) is 30.7 Å². The summed E-state index contributed by atoms with van der Waals surface area (Å²) in [4.78, 5) is 9.06. The molecule has 1 aromatic heterocycles. The van der Waals surface area contributed by atoms with Crippen molar-refractivity contribution in [3.05, 3.63) is 42.2 Å². The Bertz CT molecular complexity index is 717. The number of hydrogen-bond acceptors (Lipinski definition) is 3. The molecule has 32 heavy (non-hydrogen) atoms. The van der Waals surface area contributed by atoms with Crippen molar-refractivity contribution in [1.82, 2.24) is 9.97 Å². The number of halogens is 1. The van der Waals surface area contributed by atoms with Gasteiger partial charge in [0.05, 0.1) is 0 Å². The normalized spacial score (nSPS) is 13.1. The Kier molecular flexibility index (Phi) is 13.0. The summed E-state index contributed by atoms with van der Waals surface area (Å²) in [6.45, 7) is 6.81. The molecule has 4 heteroatoms. The van der Waals surface area contributed by atoms with Gasteiger partial charge in [-0.3, -0.25) is 0 Å². The molecule has 0 bridgehead atoms. The van der Waals surface area contributed by atoms with Gasteiger partial charge in [0.2, 0.25) is 0 Å². The zero-order valence-corrected chi connectivity index (χ0v) is 20.5. The number of hydrogen-bond donors (Lipinski definition) is 0. The molecule has 0 amide bonds. The maximum atomic E-state index is 14.1. The fraction of sp³-hybridized carbons (Fsp3) is 0.643. The summed E-state index contributed by atoms with van der Waals surface area (Å²) in [5.41, 5.74) is 2.15. The number of alkyl halides is 1. The van der Waals surface area contributed by atoms with Crippen molar-refractivity contribution < 1.29 is 9.13 Å². The number of aromatic nitrogens is 2. The van der Waals surface area contributed by atoms with Crippen LogP contribution in [-0.2, 0) is 6.42 Å². The van der Waals surface area contributed by atoms with Crippen LogP contribution in [0, 0.1) is 5.92 Å². The van der Waals surface area contributed by atoms with Crippen LogP contribution < -0.4 is 4.74 Å². The maximum Gasteiger partial charge on any atom is 0.159 e. The molecule has 2 unspecified atom stereocenters. The standard InChI is InChI=1S/C28H43FN2O/c1-4-6-7-8-9-10-14-24-20-30-28(31-21-24)25-16-18-27(19-17-25)32-22-26(29)15-11-13-23(3)12-5-2/h16-21,23,26H,4-15,22H2,1-3H3. The molecule has 0 saturated carbocycles. The van der Waals surface area contributed by atoms with Crippen molar-refractivity contribution in [3.8, 4) is 17.1 Å². The minimum atomic E-state index is -0.911. The lowest BCUT2D eigenvalue weighted by Gasteiger charge is -2.13. The van der Waals surface area contributed by atoms with E-state index < -0.39 is 6.17 Å². The third-order valence-corrected chi connectivity index (χ3v) is 6.06. The Balaban J connectivity index is 1.70. The molecular weight excluding hydrogens is 399 g/mol. The van der Waals surface area contributed by atoms with Gasteiger partial charge in [-0.25, -0.2) is 14.4 Å². The number of ether oxygens (including phenoxy) is 1. The summed E-state index contributed by atoms with van der Waals surface area (Å²) >= 11 is 0. The molecule has 1 aromatic carbocycles. The number of unbranched alkanes of at least 4 members (excludes halogenated alkanes) is 5. The highest BCUT2D eigenvalue weighted by molar-refractivity contribution is 5.55. The summed E-state index contributed by atoms with van der Waals surface area (Å²) in [6, 6.07) is 7.63. The summed E-state index contributed by atoms with van der Waals surface area (Å²) < 4.78 is 19.8. The Morgan fingerprint density at radius 2 is 1.50 bits per heavy atom. The fourth-order valence-corrected chi connectivity index (χ4v) is 4.04. The Morgan fingerprint density at radius 1 is 0.812 bits per heavy atom. The van der Waals surface area contributed by atoms with Crippen LogP contribution in [0.15, 0.2) is 36.7 Å². The van der Waals surface area contributed by atoms with Crippen LogP contribution in [0.1, 0.15) is 97.0 Å². The van der Waals surface area contributed by atoms with Crippen LogP contribution in [-0.4, -0.2) is 22.7 Å². The first-order valence-electron chi connectivity index (χ1n) is 12.8. The molecule has 2 rings (SSSR count). The first kappa shape index (κ1) is 26.3. The Morgan fingerprint density at radius 3 is 2.19 bits per heavy atom. The van der Waals surface area contributed by atoms with E-state index in [1.54, 1.807) is 0 Å². The molecule has 1 heterocycles. The molecule has 178 valence electrons. The van der Waals surface area contributed by atoms with E-state index in [1.807, 2.05) is 36.7 Å². The molecule has 2 aromatic rings. The predicted octanol–water partition coefficient (Wildman–Crippen LogP) is 8.37. The Hall–Kier alpha value is -1.97. The van der Waals surface area contributed by atoms with Crippen LogP contribution >= 0.6 is 0 Å². The van der Waals surface area contributed by atoms with Crippen molar-refractivity contribution in [2.75, 3.05) is 6.61 Å². The fourth-order valence-electron chi connectivity index (χ4n) is 4.04. The van der Waals surface area contributed by atoms with Crippen molar-refractivity contribution in [2.45, 2.75) is 104 Å². The molecule has 0 saturated heterocycles. The van der Waals surface area contributed by atoms with E-state index in [-0.39, 0.29) is 6.61 Å². The molecule has 0 spiro atoms. The summed E-state index contributed by atoms with van der Waals surface area (Å²) in [5, 5.41) is 0. The molecule has 0 aliphatic heterocycles. The molecular formula is C28H43FN2O. The van der Waals surface area contributed by atoms with Crippen LogP contribution in [0.4, 0.5) is 4.39 Å². The van der Waals surface area contributed by atoms with E-state index in [4.69, 9.17) is 4.74 Å². The van der Waals surface area contributed by atoms with Gasteiger partial charge in [-0.1, -0.05) is 78.6 Å². The number of benzene rings is 1. The van der Waals surface area contributed by atoms with Crippen LogP contribution in [0.3, 0.4) is 0 Å². The lowest BCUT2D eigenvalue weighted by Crippen LogP contribution is -2.13. The number of nitrogens with zero attached hydrogens (tertiary/aromatic N) is 2. The largest absolute Gasteiger partial charge is 0.491 e. The molecule has 2 atom stereocenters. The summed E-state index contributed by atoms with van der Waals surface area (Å²) in [7, 11) is 0. The van der Waals surface area contributed by atoms with Crippen molar-refractivity contribution in [2.24, 2.45) is 5.92 Å². The van der Waals surface area contributed by atoms with Gasteiger partial charge in [0.25, 0.3) is 0 Å². The van der Waals surface area contributed by atoms with Crippen LogP contribution in [0.5, 0.6) is 5.75 Å². The smallest absolute Gasteiger partial charge is 0.159 e. The van der Waals surface area contributed by atoms with E-state index in [0.717, 1.165) is 24.8 Å². The lowest BCUT2D eigenvalue weighted by molar-refractivity contribution is 0.182. The monoisotopic (exact) mass is 442 g/mol. The van der Waals surface area contributed by atoms with Gasteiger partial charge in [-0.15, -0.1) is 0 Å². The van der Waals surface area contributed by atoms with Gasteiger partial charge in [-0.2, -0.15) is 0 Å². The first-order chi connectivity index (χ1) is 15.6. The minimum Gasteiger partial charge on any atom is -0.491 e. The molecule has 0 fully saturated rings. The van der Waals surface area contributed by atoms with Crippen molar-refractivity contribution >= 4 is 0 Å². The average molecular weight is 443 g/mol. The molecule has 0 N–H and O–H groups in total. The summed E-state index contributed by atoms with van der Waals surface area (Å²) in [5.74, 6) is 2.09. The van der Waals surface area contributed by atoms with Gasteiger partial charge < -0.3 is 4.74 Å². The predicted molar refractivity (Wildman–Crippen MR) is 133 cm³/mol. The van der Waals surface area contributed by atoms with Crippen molar-refractivity contribution in [3.63, 3.8) is 0 Å². The zero-order valence-electron chi connectivity index (χ0n) is 20.5. The second-order valence-corrected chi connectivity index (χ2v) is 9.19. The Labute approximate surface area is 195 Å². The van der Waals surface area contributed by atoms with Crippen LogP contribution in [0.25, 0.3) is 11.4 Å². The highest BCUT2D eigenvalue weighted by Gasteiger charge is 2.10. The van der Waals surface area contributed by atoms with Gasteiger partial charge >= 0.3 is 0 Å². The van der Waals surface area contributed by atoms with E-state index in [9.17, 15) is 4.39 Å². The molecule has 3 nitrogen and oxygen atoms in total.